The number of anilines is 2. The van der Waals surface area contributed by atoms with Crippen LogP contribution in [-0.2, 0) is 15.8 Å². The van der Waals surface area contributed by atoms with Gasteiger partial charge in [-0.05, 0) is 30.3 Å². The molecule has 9 heteroatoms. The molecule has 0 bridgehead atoms. The van der Waals surface area contributed by atoms with Crippen molar-refractivity contribution in [1.29, 1.82) is 0 Å². The molecule has 0 aromatic heterocycles. The molecule has 2 aliphatic heterocycles. The van der Waals surface area contributed by atoms with E-state index in [-0.39, 0.29) is 24.8 Å². The quantitative estimate of drug-likeness (QED) is 0.707. The predicted octanol–water partition coefficient (Wildman–Crippen LogP) is 4.06. The lowest BCUT2D eigenvalue weighted by Crippen LogP contribution is -2.50. The minimum absolute atomic E-state index is 0.105. The largest absolute Gasteiger partial charge is 0.416 e. The molecule has 5 nitrogen and oxygen atoms in total. The lowest BCUT2D eigenvalue weighted by atomic mass is 10.1. The number of rotatable bonds is 3. The number of carbonyl (C=O) groups is 2. The highest BCUT2D eigenvalue weighted by molar-refractivity contribution is 6.33. The third-order valence-corrected chi connectivity index (χ3v) is 6.07. The molecule has 4 rings (SSSR count). The van der Waals surface area contributed by atoms with E-state index >= 15 is 0 Å². The lowest BCUT2D eigenvalue weighted by molar-refractivity contribution is -0.137. The number of nitrogens with zero attached hydrogens (tertiary/aromatic N) is 3. The van der Waals surface area contributed by atoms with Crippen LogP contribution in [0.1, 0.15) is 12.0 Å². The summed E-state index contributed by atoms with van der Waals surface area (Å²) in [7, 11) is 0. The van der Waals surface area contributed by atoms with Crippen molar-refractivity contribution in [2.45, 2.75) is 12.6 Å². The summed E-state index contributed by atoms with van der Waals surface area (Å²) in [6.45, 7) is 1.93. The molecule has 164 valence electrons. The molecule has 1 unspecified atom stereocenters. The van der Waals surface area contributed by atoms with Crippen molar-refractivity contribution in [3.63, 3.8) is 0 Å². The van der Waals surface area contributed by atoms with E-state index in [0.29, 0.717) is 42.6 Å². The highest BCUT2D eigenvalue weighted by Crippen LogP contribution is 2.33. The Kier molecular flexibility index (Phi) is 5.83. The maximum Gasteiger partial charge on any atom is 0.416 e. The van der Waals surface area contributed by atoms with Crippen LogP contribution in [0.4, 0.5) is 24.5 Å². The van der Waals surface area contributed by atoms with Crippen molar-refractivity contribution in [2.24, 2.45) is 5.92 Å². The van der Waals surface area contributed by atoms with Crippen molar-refractivity contribution in [1.82, 2.24) is 4.90 Å². The third-order valence-electron chi connectivity index (χ3n) is 5.75. The smallest absolute Gasteiger partial charge is 0.368 e. The van der Waals surface area contributed by atoms with Gasteiger partial charge in [-0.3, -0.25) is 9.59 Å². The fourth-order valence-corrected chi connectivity index (χ4v) is 4.34. The van der Waals surface area contributed by atoms with Gasteiger partial charge in [0.05, 0.1) is 22.2 Å². The molecule has 0 spiro atoms. The van der Waals surface area contributed by atoms with Crippen molar-refractivity contribution in [3.05, 3.63) is 59.1 Å². The van der Waals surface area contributed by atoms with Crippen molar-refractivity contribution >= 4 is 34.8 Å². The molecule has 1 atom stereocenters. The van der Waals surface area contributed by atoms with Gasteiger partial charge in [-0.1, -0.05) is 29.8 Å². The number of amides is 2. The summed E-state index contributed by atoms with van der Waals surface area (Å²) in [4.78, 5) is 30.5. The zero-order valence-electron chi connectivity index (χ0n) is 16.6. The zero-order chi connectivity index (χ0) is 22.2. The monoisotopic (exact) mass is 451 g/mol. The van der Waals surface area contributed by atoms with Crippen LogP contribution < -0.4 is 9.80 Å². The van der Waals surface area contributed by atoms with Crippen molar-refractivity contribution < 1.29 is 22.8 Å². The van der Waals surface area contributed by atoms with Crippen LogP contribution in [0.25, 0.3) is 0 Å². The second kappa shape index (κ2) is 8.42. The molecule has 0 aliphatic carbocycles. The number of hydrogen-bond donors (Lipinski definition) is 0. The maximum atomic E-state index is 13.0. The Labute approximate surface area is 183 Å². The third kappa shape index (κ3) is 4.49. The Bertz CT molecular complexity index is 990. The van der Waals surface area contributed by atoms with Gasteiger partial charge in [0, 0.05) is 44.8 Å². The first kappa shape index (κ1) is 21.5. The van der Waals surface area contributed by atoms with Crippen LogP contribution in [0.5, 0.6) is 0 Å². The van der Waals surface area contributed by atoms with E-state index in [1.807, 2.05) is 4.90 Å². The van der Waals surface area contributed by atoms with Gasteiger partial charge in [0.1, 0.15) is 0 Å². The van der Waals surface area contributed by atoms with E-state index in [1.165, 1.54) is 6.07 Å². The van der Waals surface area contributed by atoms with Crippen LogP contribution in [-0.4, -0.2) is 49.4 Å². The van der Waals surface area contributed by atoms with Gasteiger partial charge in [0.15, 0.2) is 0 Å². The zero-order valence-corrected chi connectivity index (χ0v) is 17.4. The van der Waals surface area contributed by atoms with Crippen molar-refractivity contribution in [3.8, 4) is 0 Å². The molecule has 2 fully saturated rings. The number of piperazine rings is 1. The summed E-state index contributed by atoms with van der Waals surface area (Å²) >= 11 is 6.19. The topological polar surface area (TPSA) is 43.9 Å². The Hall–Kier alpha value is -2.74. The summed E-state index contributed by atoms with van der Waals surface area (Å²) < 4.78 is 38.9. The van der Waals surface area contributed by atoms with Crippen LogP contribution in [0, 0.1) is 5.92 Å². The van der Waals surface area contributed by atoms with Crippen LogP contribution >= 0.6 is 11.6 Å². The lowest BCUT2D eigenvalue weighted by Gasteiger charge is -2.37. The molecule has 2 aromatic carbocycles. The van der Waals surface area contributed by atoms with Crippen LogP contribution in [0.3, 0.4) is 0 Å². The molecule has 2 aromatic rings. The summed E-state index contributed by atoms with van der Waals surface area (Å²) in [5.74, 6) is -0.704. The summed E-state index contributed by atoms with van der Waals surface area (Å²) in [5.41, 5.74) is 0.398. The molecule has 31 heavy (non-hydrogen) atoms. The second-order valence-electron chi connectivity index (χ2n) is 7.72. The maximum absolute atomic E-state index is 13.0. The molecule has 2 heterocycles. The van der Waals surface area contributed by atoms with E-state index in [9.17, 15) is 22.8 Å². The highest BCUT2D eigenvalue weighted by atomic mass is 35.5. The fraction of sp³-hybridized carbons (Fsp3) is 0.364. The van der Waals surface area contributed by atoms with E-state index in [4.69, 9.17) is 11.6 Å². The van der Waals surface area contributed by atoms with Gasteiger partial charge >= 0.3 is 6.18 Å². The minimum atomic E-state index is -4.39. The number of carbonyl (C=O) groups excluding carboxylic acids is 2. The molecular formula is C22H21ClF3N3O2. The summed E-state index contributed by atoms with van der Waals surface area (Å²) in [6, 6.07) is 12.2. The first-order chi connectivity index (χ1) is 14.7. The van der Waals surface area contributed by atoms with Gasteiger partial charge < -0.3 is 14.7 Å². The standard InChI is InChI=1S/C22H21ClF3N3O2/c23-18-6-1-2-7-19(18)29-14-15(12-20(29)30)21(31)28-10-8-27(9-11-28)17-5-3-4-16(13-17)22(24,25)26/h1-7,13,15H,8-12,14H2. The first-order valence-electron chi connectivity index (χ1n) is 10.00. The highest BCUT2D eigenvalue weighted by Gasteiger charge is 2.38. The molecule has 2 aliphatic rings. The molecular weight excluding hydrogens is 431 g/mol. The van der Waals surface area contributed by atoms with E-state index in [0.717, 1.165) is 12.1 Å². The van der Waals surface area contributed by atoms with Gasteiger partial charge in [-0.25, -0.2) is 0 Å². The van der Waals surface area contributed by atoms with E-state index in [2.05, 4.69) is 0 Å². The van der Waals surface area contributed by atoms with E-state index < -0.39 is 17.7 Å². The minimum Gasteiger partial charge on any atom is -0.368 e. The fourth-order valence-electron chi connectivity index (χ4n) is 4.10. The Morgan fingerprint density at radius 1 is 1.00 bits per heavy atom. The average Bonchev–Trinajstić information content (AvgIpc) is 3.14. The number of halogens is 4. The SMILES string of the molecule is O=C(C1CC(=O)N(c2ccccc2Cl)C1)N1CCN(c2cccc(C(F)(F)F)c2)CC1. The van der Waals surface area contributed by atoms with Crippen LogP contribution in [0.15, 0.2) is 48.5 Å². The first-order valence-corrected chi connectivity index (χ1v) is 10.4. The van der Waals surface area contributed by atoms with Gasteiger partial charge in [-0.2, -0.15) is 13.2 Å². The Morgan fingerprint density at radius 3 is 2.39 bits per heavy atom. The normalized spacial score (nSPS) is 19.8. The molecule has 2 saturated heterocycles. The van der Waals surface area contributed by atoms with Crippen LogP contribution in [0.2, 0.25) is 5.02 Å². The molecule has 2 amide bonds. The van der Waals surface area contributed by atoms with E-state index in [1.54, 1.807) is 40.1 Å². The van der Waals surface area contributed by atoms with Crippen molar-refractivity contribution in [2.75, 3.05) is 42.5 Å². The average molecular weight is 452 g/mol. The van der Waals surface area contributed by atoms with Gasteiger partial charge in [-0.15, -0.1) is 0 Å². The van der Waals surface area contributed by atoms with Gasteiger partial charge in [0.2, 0.25) is 11.8 Å². The number of para-hydroxylation sites is 1. The number of hydrogen-bond acceptors (Lipinski definition) is 3. The van der Waals surface area contributed by atoms with Gasteiger partial charge in [0.25, 0.3) is 0 Å². The Balaban J connectivity index is 1.38. The number of benzene rings is 2. The molecule has 0 N–H and O–H groups in total. The Morgan fingerprint density at radius 2 is 1.71 bits per heavy atom. The second-order valence-corrected chi connectivity index (χ2v) is 8.12. The predicted molar refractivity (Wildman–Crippen MR) is 112 cm³/mol. The molecule has 0 saturated carbocycles. The number of alkyl halides is 3. The molecule has 0 radical (unpaired) electrons. The summed E-state index contributed by atoms with van der Waals surface area (Å²) in [6.07, 6.45) is -4.27. The summed E-state index contributed by atoms with van der Waals surface area (Å²) in [5, 5.41) is 0.457.